The van der Waals surface area contributed by atoms with Gasteiger partial charge >= 0.3 is 0 Å². The summed E-state index contributed by atoms with van der Waals surface area (Å²) in [5, 5.41) is 4.45. The highest BCUT2D eigenvalue weighted by atomic mass is 32.1. The lowest BCUT2D eigenvalue weighted by atomic mass is 9.77. The molecule has 4 heteroatoms. The zero-order valence-corrected chi connectivity index (χ0v) is 31.3. The highest BCUT2D eigenvalue weighted by molar-refractivity contribution is 7.79. The summed E-state index contributed by atoms with van der Waals surface area (Å²) >= 11 is 8.80. The van der Waals surface area contributed by atoms with Crippen LogP contribution in [0.25, 0.3) is 32.7 Å². The van der Waals surface area contributed by atoms with Crippen LogP contribution in [0, 0.1) is 41.4 Å². The maximum atomic E-state index is 6.90. The maximum Gasteiger partial charge on any atom is 0.127 e. The SMILES string of the molecule is CC1CCC(C2COc3ccc4ccc(C#Cc5ccc(CS)cc5)cc4c3-c3c(ccc4ccc(C#Cc5ccc(CS)cc5)cc34)OC2)CC1. The number of hydrogen-bond donors (Lipinski definition) is 2. The highest BCUT2D eigenvalue weighted by Crippen LogP contribution is 2.47. The smallest absolute Gasteiger partial charge is 0.127 e. The fraction of sp³-hybridized carbons (Fsp3) is 0.250. The topological polar surface area (TPSA) is 18.5 Å². The van der Waals surface area contributed by atoms with E-state index in [1.807, 2.05) is 0 Å². The van der Waals surface area contributed by atoms with Crippen LogP contribution in [-0.2, 0) is 11.5 Å². The number of thiol groups is 2. The first-order valence-corrected chi connectivity index (χ1v) is 19.6. The van der Waals surface area contributed by atoms with Crippen molar-refractivity contribution in [3.8, 4) is 46.3 Å². The van der Waals surface area contributed by atoms with Crippen molar-refractivity contribution in [2.75, 3.05) is 13.2 Å². The van der Waals surface area contributed by atoms with Gasteiger partial charge in [-0.2, -0.15) is 25.3 Å². The summed E-state index contributed by atoms with van der Waals surface area (Å²) < 4.78 is 13.8. The summed E-state index contributed by atoms with van der Waals surface area (Å²) in [6.45, 7) is 3.65. The molecule has 8 rings (SSSR count). The first kappa shape index (κ1) is 34.4. The monoisotopic (exact) mass is 714 g/mol. The van der Waals surface area contributed by atoms with Gasteiger partial charge in [-0.25, -0.2) is 0 Å². The second-order valence-corrected chi connectivity index (χ2v) is 15.0. The van der Waals surface area contributed by atoms with E-state index in [1.165, 1.54) is 36.8 Å². The fourth-order valence-electron chi connectivity index (χ4n) is 7.66. The Morgan fingerprint density at radius 3 is 1.35 bits per heavy atom. The van der Waals surface area contributed by atoms with E-state index in [2.05, 4.69) is 165 Å². The zero-order chi connectivity index (χ0) is 35.4. The molecule has 0 atom stereocenters. The number of ether oxygens (including phenoxy) is 2. The Morgan fingerprint density at radius 1 is 0.500 bits per heavy atom. The van der Waals surface area contributed by atoms with Gasteiger partial charge in [0.25, 0.3) is 0 Å². The first-order chi connectivity index (χ1) is 25.5. The minimum Gasteiger partial charge on any atom is -0.492 e. The number of benzene rings is 6. The summed E-state index contributed by atoms with van der Waals surface area (Å²) in [4.78, 5) is 0. The molecule has 0 spiro atoms. The molecule has 0 bridgehead atoms. The first-order valence-electron chi connectivity index (χ1n) is 18.4. The molecule has 1 aliphatic carbocycles. The molecule has 0 N–H and O–H groups in total. The van der Waals surface area contributed by atoms with Gasteiger partial charge in [0, 0.05) is 50.8 Å². The molecule has 0 aromatic heterocycles. The van der Waals surface area contributed by atoms with Gasteiger partial charge in [-0.05, 0) is 118 Å². The van der Waals surface area contributed by atoms with Crippen LogP contribution in [0.2, 0.25) is 0 Å². The van der Waals surface area contributed by atoms with Crippen LogP contribution in [0.15, 0.2) is 109 Å². The van der Waals surface area contributed by atoms with Gasteiger partial charge in [-0.3, -0.25) is 0 Å². The molecule has 2 nitrogen and oxygen atoms in total. The lowest BCUT2D eigenvalue weighted by Crippen LogP contribution is -2.30. The molecule has 6 aromatic carbocycles. The maximum absolute atomic E-state index is 6.90. The van der Waals surface area contributed by atoms with E-state index in [0.717, 1.165) is 72.3 Å². The van der Waals surface area contributed by atoms with Gasteiger partial charge in [0.05, 0.1) is 13.2 Å². The molecule has 1 heterocycles. The van der Waals surface area contributed by atoms with E-state index in [4.69, 9.17) is 9.47 Å². The van der Waals surface area contributed by atoms with Crippen molar-refractivity contribution in [2.24, 2.45) is 17.8 Å². The molecule has 1 aliphatic heterocycles. The summed E-state index contributed by atoms with van der Waals surface area (Å²) in [5.74, 6) is 18.5. The van der Waals surface area contributed by atoms with E-state index in [-0.39, 0.29) is 0 Å². The van der Waals surface area contributed by atoms with E-state index < -0.39 is 0 Å². The summed E-state index contributed by atoms with van der Waals surface area (Å²) in [6.07, 6.45) is 5.00. The molecule has 0 saturated heterocycles. The predicted molar refractivity (Wildman–Crippen MR) is 223 cm³/mol. The van der Waals surface area contributed by atoms with Crippen LogP contribution in [0.4, 0.5) is 0 Å². The Balaban J connectivity index is 1.27. The van der Waals surface area contributed by atoms with Crippen LogP contribution < -0.4 is 9.47 Å². The highest BCUT2D eigenvalue weighted by Gasteiger charge is 2.30. The average Bonchev–Trinajstić information content (AvgIpc) is 3.27. The van der Waals surface area contributed by atoms with Crippen molar-refractivity contribution in [1.29, 1.82) is 0 Å². The normalized spacial score (nSPS) is 17.1. The Kier molecular flexibility index (Phi) is 10.2. The fourth-order valence-corrected chi connectivity index (χ4v) is 8.08. The Labute approximate surface area is 318 Å². The average molecular weight is 715 g/mol. The van der Waals surface area contributed by atoms with Gasteiger partial charge in [-0.15, -0.1) is 0 Å². The van der Waals surface area contributed by atoms with E-state index in [1.54, 1.807) is 0 Å². The Morgan fingerprint density at radius 2 is 0.904 bits per heavy atom. The van der Waals surface area contributed by atoms with Crippen molar-refractivity contribution in [3.05, 3.63) is 143 Å². The second-order valence-electron chi connectivity index (χ2n) is 14.4. The quantitative estimate of drug-likeness (QED) is 0.140. The molecule has 1 fully saturated rings. The van der Waals surface area contributed by atoms with Gasteiger partial charge in [0.2, 0.25) is 0 Å². The molecule has 0 amide bonds. The van der Waals surface area contributed by atoms with Gasteiger partial charge in [-0.1, -0.05) is 92.0 Å². The van der Waals surface area contributed by atoms with Crippen LogP contribution in [-0.4, -0.2) is 13.2 Å². The van der Waals surface area contributed by atoms with Crippen LogP contribution >= 0.6 is 25.3 Å². The molecule has 0 unspecified atom stereocenters. The molecule has 52 heavy (non-hydrogen) atoms. The summed E-state index contributed by atoms with van der Waals surface area (Å²) in [7, 11) is 0. The van der Waals surface area contributed by atoms with Crippen LogP contribution in [0.3, 0.4) is 0 Å². The number of fused-ring (bicyclic) bond motifs is 7. The third-order valence-electron chi connectivity index (χ3n) is 10.8. The summed E-state index contributed by atoms with van der Waals surface area (Å²) in [6, 6.07) is 38.2. The van der Waals surface area contributed by atoms with Crippen LogP contribution in [0.5, 0.6) is 11.5 Å². The van der Waals surface area contributed by atoms with E-state index >= 15 is 0 Å². The van der Waals surface area contributed by atoms with Crippen molar-refractivity contribution >= 4 is 46.8 Å². The molecule has 1 saturated carbocycles. The minimum absolute atomic E-state index is 0.315. The van der Waals surface area contributed by atoms with E-state index in [9.17, 15) is 0 Å². The van der Waals surface area contributed by atoms with Crippen LogP contribution in [0.1, 0.15) is 66.0 Å². The third kappa shape index (κ3) is 7.43. The minimum atomic E-state index is 0.315. The predicted octanol–water partition coefficient (Wildman–Crippen LogP) is 11.5. The van der Waals surface area contributed by atoms with Gasteiger partial charge < -0.3 is 9.47 Å². The Hall–Kier alpha value is -4.74. The standard InChI is InChI=1S/C48H42O2S2/c1-32-2-18-39(19-3-32)42-28-49-45-24-22-40-20-16-35(10-4-33-6-12-37(30-51)13-7-33)26-43(40)47(45)48-44-27-36(11-5-34-8-14-38(31-52)15-9-34)17-21-41(44)23-25-46(48)50-29-42/h6-9,12-17,20-27,32,39,42,51-52H,2-3,18-19,28-31H2,1H3. The molecular formula is C48H42O2S2. The lowest BCUT2D eigenvalue weighted by Gasteiger charge is -2.32. The number of rotatable bonds is 3. The van der Waals surface area contributed by atoms with Gasteiger partial charge in [0.15, 0.2) is 0 Å². The van der Waals surface area contributed by atoms with Crippen molar-refractivity contribution in [2.45, 2.75) is 44.1 Å². The largest absolute Gasteiger partial charge is 0.492 e. The molecule has 258 valence electrons. The van der Waals surface area contributed by atoms with Crippen molar-refractivity contribution in [1.82, 2.24) is 0 Å². The molecular weight excluding hydrogens is 673 g/mol. The number of hydrogen-bond acceptors (Lipinski definition) is 4. The lowest BCUT2D eigenvalue weighted by molar-refractivity contribution is 0.102. The zero-order valence-electron chi connectivity index (χ0n) is 29.5. The third-order valence-corrected chi connectivity index (χ3v) is 11.6. The summed E-state index contributed by atoms with van der Waals surface area (Å²) in [5.41, 5.74) is 8.31. The Bertz CT molecular complexity index is 2200. The van der Waals surface area contributed by atoms with Gasteiger partial charge in [0.1, 0.15) is 11.5 Å². The van der Waals surface area contributed by atoms with E-state index in [0.29, 0.717) is 36.6 Å². The van der Waals surface area contributed by atoms with Crippen molar-refractivity contribution < 1.29 is 9.47 Å². The molecule has 2 aliphatic rings. The van der Waals surface area contributed by atoms with Crippen molar-refractivity contribution in [3.63, 3.8) is 0 Å². The molecule has 6 aromatic rings. The molecule has 0 radical (unpaired) electrons. The second kappa shape index (κ2) is 15.5.